The first kappa shape index (κ1) is 12.0. The molecule has 0 aliphatic heterocycles. The maximum Gasteiger partial charge on any atom is 0.335 e. The van der Waals surface area contributed by atoms with Gasteiger partial charge >= 0.3 is 11.9 Å². The molecule has 0 unspecified atom stereocenters. The number of rotatable bonds is 4. The highest BCUT2D eigenvalue weighted by Crippen LogP contribution is 2.20. The first-order valence-corrected chi connectivity index (χ1v) is 4.38. The van der Waals surface area contributed by atoms with E-state index in [1.807, 2.05) is 0 Å². The number of hydrogen-bond donors (Lipinski definition) is 4. The van der Waals surface area contributed by atoms with Crippen molar-refractivity contribution < 1.29 is 30.0 Å². The molecular formula is C10H10O6. The van der Waals surface area contributed by atoms with Crippen molar-refractivity contribution in [3.05, 3.63) is 29.3 Å². The van der Waals surface area contributed by atoms with Crippen LogP contribution in [-0.4, -0.2) is 38.5 Å². The smallest absolute Gasteiger partial charge is 0.335 e. The van der Waals surface area contributed by atoms with E-state index in [-0.39, 0.29) is 23.3 Å². The summed E-state index contributed by atoms with van der Waals surface area (Å²) < 4.78 is 0. The van der Waals surface area contributed by atoms with E-state index in [0.29, 0.717) is 0 Å². The third-order valence-electron chi connectivity index (χ3n) is 2.03. The van der Waals surface area contributed by atoms with Crippen molar-refractivity contribution in [1.82, 2.24) is 0 Å². The molecule has 1 aromatic rings. The number of aliphatic hydroxyl groups excluding tert-OH is 1. The van der Waals surface area contributed by atoms with Gasteiger partial charge in [-0.1, -0.05) is 6.07 Å². The number of aromatic carboxylic acids is 1. The second-order valence-electron chi connectivity index (χ2n) is 3.21. The normalized spacial score (nSPS) is 12.1. The summed E-state index contributed by atoms with van der Waals surface area (Å²) in [7, 11) is 0. The number of aromatic hydroxyl groups is 1. The molecule has 0 heterocycles. The number of phenolic OH excluding ortho intramolecular Hbond substituents is 1. The molecule has 1 rings (SSSR count). The van der Waals surface area contributed by atoms with E-state index in [1.165, 1.54) is 12.1 Å². The van der Waals surface area contributed by atoms with Gasteiger partial charge in [0.1, 0.15) is 5.75 Å². The minimum atomic E-state index is -1.62. The van der Waals surface area contributed by atoms with Crippen LogP contribution in [0.4, 0.5) is 0 Å². The number of aliphatic carboxylic acids is 1. The zero-order valence-electron chi connectivity index (χ0n) is 8.12. The minimum Gasteiger partial charge on any atom is -0.508 e. The Bertz CT molecular complexity index is 425. The number of carboxylic acids is 2. The average molecular weight is 226 g/mol. The maximum atomic E-state index is 10.5. The predicted octanol–water partition coefficient (Wildman–Crippen LogP) is 0.0784. The second kappa shape index (κ2) is 4.63. The first-order chi connectivity index (χ1) is 7.41. The van der Waals surface area contributed by atoms with Crippen LogP contribution in [0.5, 0.6) is 5.75 Å². The summed E-state index contributed by atoms with van der Waals surface area (Å²) in [6, 6.07) is 3.50. The molecule has 0 saturated carbocycles. The summed E-state index contributed by atoms with van der Waals surface area (Å²) in [6.07, 6.45) is -1.90. The van der Waals surface area contributed by atoms with E-state index >= 15 is 0 Å². The minimum absolute atomic E-state index is 0.105. The van der Waals surface area contributed by atoms with Crippen LogP contribution < -0.4 is 0 Å². The van der Waals surface area contributed by atoms with Gasteiger partial charge in [0, 0.05) is 6.42 Å². The van der Waals surface area contributed by atoms with E-state index in [9.17, 15) is 14.7 Å². The Balaban J connectivity index is 2.91. The van der Waals surface area contributed by atoms with Crippen LogP contribution in [0.25, 0.3) is 0 Å². The molecule has 0 aromatic heterocycles. The molecule has 1 atom stereocenters. The zero-order chi connectivity index (χ0) is 12.3. The molecule has 6 heteroatoms. The quantitative estimate of drug-likeness (QED) is 0.577. The van der Waals surface area contributed by atoms with Gasteiger partial charge in [-0.25, -0.2) is 9.59 Å². The zero-order valence-corrected chi connectivity index (χ0v) is 8.12. The van der Waals surface area contributed by atoms with E-state index in [0.717, 1.165) is 6.07 Å². The average Bonchev–Trinajstić information content (AvgIpc) is 2.20. The molecule has 0 amide bonds. The van der Waals surface area contributed by atoms with Crippen molar-refractivity contribution in [2.24, 2.45) is 0 Å². The molecule has 0 saturated heterocycles. The summed E-state index contributed by atoms with van der Waals surface area (Å²) in [5.41, 5.74) is 0.0750. The first-order valence-electron chi connectivity index (χ1n) is 4.38. The van der Waals surface area contributed by atoms with Crippen molar-refractivity contribution in [3.63, 3.8) is 0 Å². The van der Waals surface area contributed by atoms with Crippen LogP contribution >= 0.6 is 0 Å². The lowest BCUT2D eigenvalue weighted by atomic mass is 10.0. The van der Waals surface area contributed by atoms with Gasteiger partial charge in [-0.15, -0.1) is 0 Å². The summed E-state index contributed by atoms with van der Waals surface area (Å²) in [4.78, 5) is 20.9. The van der Waals surface area contributed by atoms with E-state index < -0.39 is 18.0 Å². The molecule has 0 aliphatic carbocycles. The van der Waals surface area contributed by atoms with E-state index in [1.54, 1.807) is 0 Å². The molecule has 1 aromatic carbocycles. The summed E-state index contributed by atoms with van der Waals surface area (Å²) >= 11 is 0. The molecule has 16 heavy (non-hydrogen) atoms. The van der Waals surface area contributed by atoms with Crippen LogP contribution in [0.1, 0.15) is 15.9 Å². The predicted molar refractivity (Wildman–Crippen MR) is 52.4 cm³/mol. The third-order valence-corrected chi connectivity index (χ3v) is 2.03. The Labute approximate surface area is 90.4 Å². The molecule has 4 N–H and O–H groups in total. The van der Waals surface area contributed by atoms with E-state index in [4.69, 9.17) is 15.3 Å². The number of carbonyl (C=O) groups is 2. The number of hydrogen-bond acceptors (Lipinski definition) is 4. The fraction of sp³-hybridized carbons (Fsp3) is 0.200. The lowest BCUT2D eigenvalue weighted by molar-refractivity contribution is -0.146. The van der Waals surface area contributed by atoms with Crippen LogP contribution in [0.3, 0.4) is 0 Å². The van der Waals surface area contributed by atoms with Crippen molar-refractivity contribution in [1.29, 1.82) is 0 Å². The van der Waals surface area contributed by atoms with Crippen LogP contribution in [0, 0.1) is 0 Å². The van der Waals surface area contributed by atoms with Gasteiger partial charge in [-0.2, -0.15) is 0 Å². The summed E-state index contributed by atoms with van der Waals surface area (Å²) in [5, 5.41) is 35.5. The number of benzene rings is 1. The van der Waals surface area contributed by atoms with E-state index in [2.05, 4.69) is 0 Å². The van der Waals surface area contributed by atoms with Crippen LogP contribution in [0.2, 0.25) is 0 Å². The van der Waals surface area contributed by atoms with Crippen molar-refractivity contribution in [2.75, 3.05) is 0 Å². The highest BCUT2D eigenvalue weighted by Gasteiger charge is 2.16. The SMILES string of the molecule is O=C(O)c1ccc(C[C@@H](O)C(=O)O)c(O)c1. The Hall–Kier alpha value is -2.08. The molecule has 0 radical (unpaired) electrons. The lowest BCUT2D eigenvalue weighted by Crippen LogP contribution is -2.22. The Morgan fingerprint density at radius 1 is 1.25 bits per heavy atom. The third kappa shape index (κ3) is 2.71. The van der Waals surface area contributed by atoms with Crippen LogP contribution in [0.15, 0.2) is 18.2 Å². The largest absolute Gasteiger partial charge is 0.508 e. The van der Waals surface area contributed by atoms with Crippen LogP contribution in [-0.2, 0) is 11.2 Å². The molecule has 0 spiro atoms. The molecule has 0 fully saturated rings. The number of aliphatic hydroxyl groups is 1. The second-order valence-corrected chi connectivity index (χ2v) is 3.21. The number of phenols is 1. The van der Waals surface area contributed by atoms with Gasteiger partial charge in [-0.3, -0.25) is 0 Å². The monoisotopic (exact) mass is 226 g/mol. The molecule has 0 aliphatic rings. The topological polar surface area (TPSA) is 115 Å². The van der Waals surface area contributed by atoms with Gasteiger partial charge in [-0.05, 0) is 17.7 Å². The highest BCUT2D eigenvalue weighted by atomic mass is 16.4. The van der Waals surface area contributed by atoms with Gasteiger partial charge < -0.3 is 20.4 Å². The molecule has 86 valence electrons. The van der Waals surface area contributed by atoms with Gasteiger partial charge in [0.25, 0.3) is 0 Å². The van der Waals surface area contributed by atoms with Crippen molar-refractivity contribution in [2.45, 2.75) is 12.5 Å². The Kier molecular flexibility index (Phi) is 3.47. The summed E-state index contributed by atoms with van der Waals surface area (Å²) in [6.45, 7) is 0. The van der Waals surface area contributed by atoms with Crippen molar-refractivity contribution >= 4 is 11.9 Å². The van der Waals surface area contributed by atoms with Gasteiger partial charge in [0.2, 0.25) is 0 Å². The lowest BCUT2D eigenvalue weighted by Gasteiger charge is -2.07. The Morgan fingerprint density at radius 2 is 1.88 bits per heavy atom. The summed E-state index contributed by atoms with van der Waals surface area (Å²) in [5.74, 6) is -2.94. The van der Waals surface area contributed by atoms with Gasteiger partial charge in [0.15, 0.2) is 6.10 Å². The maximum absolute atomic E-state index is 10.5. The fourth-order valence-corrected chi connectivity index (χ4v) is 1.17. The highest BCUT2D eigenvalue weighted by molar-refractivity contribution is 5.88. The Morgan fingerprint density at radius 3 is 2.31 bits per heavy atom. The molecule has 6 nitrogen and oxygen atoms in total. The van der Waals surface area contributed by atoms with Gasteiger partial charge in [0.05, 0.1) is 5.56 Å². The van der Waals surface area contributed by atoms with Crippen molar-refractivity contribution in [3.8, 4) is 5.75 Å². The number of carboxylic acid groups (broad SMARTS) is 2. The standard InChI is InChI=1S/C10H10O6/c11-7-4-6(9(13)14)2-1-5(7)3-8(12)10(15)16/h1-2,4,8,11-12H,3H2,(H,13,14)(H,15,16)/t8-/m1/s1. The fourth-order valence-electron chi connectivity index (χ4n) is 1.17. The molecular weight excluding hydrogens is 216 g/mol. The molecule has 0 bridgehead atoms.